The third kappa shape index (κ3) is 7.40. The summed E-state index contributed by atoms with van der Waals surface area (Å²) in [4.78, 5) is 38.9. The molecule has 2 rings (SSSR count). The summed E-state index contributed by atoms with van der Waals surface area (Å²) in [5.74, 6) is -1.84. The fourth-order valence-electron chi connectivity index (χ4n) is 3.24. The molecule has 0 aliphatic carbocycles. The second-order valence-electron chi connectivity index (χ2n) is 7.09. The number of aromatic carboxylic acids is 1. The maximum absolute atomic E-state index is 12.7. The van der Waals surface area contributed by atoms with Gasteiger partial charge in [-0.05, 0) is 25.0 Å². The fraction of sp³-hybridized carbons (Fsp3) is 0.476. The molecule has 166 valence electrons. The summed E-state index contributed by atoms with van der Waals surface area (Å²) >= 11 is 0. The van der Waals surface area contributed by atoms with Crippen molar-refractivity contribution in [2.45, 2.75) is 45.4 Å². The van der Waals surface area contributed by atoms with Crippen molar-refractivity contribution in [2.24, 2.45) is 0 Å². The molecule has 0 fully saturated rings. The Morgan fingerprint density at radius 2 is 1.70 bits per heavy atom. The zero-order valence-corrected chi connectivity index (χ0v) is 17.3. The van der Waals surface area contributed by atoms with Gasteiger partial charge < -0.3 is 30.8 Å². The van der Waals surface area contributed by atoms with E-state index in [1.54, 1.807) is 12.1 Å². The van der Waals surface area contributed by atoms with Crippen molar-refractivity contribution in [3.8, 4) is 0 Å². The highest BCUT2D eigenvalue weighted by molar-refractivity contribution is 6.05. The normalized spacial score (nSPS) is 12.9. The Labute approximate surface area is 176 Å². The van der Waals surface area contributed by atoms with E-state index >= 15 is 0 Å². The Hall–Kier alpha value is -3.07. The minimum absolute atomic E-state index is 0. The number of hydrogen-bond donors (Lipinski definition) is 3. The summed E-state index contributed by atoms with van der Waals surface area (Å²) in [6.45, 7) is 4.05. The van der Waals surface area contributed by atoms with Crippen LogP contribution in [0.4, 0.5) is 0 Å². The van der Waals surface area contributed by atoms with Gasteiger partial charge in [-0.25, -0.2) is 4.79 Å². The van der Waals surface area contributed by atoms with Crippen molar-refractivity contribution >= 4 is 17.8 Å². The van der Waals surface area contributed by atoms with E-state index in [1.165, 1.54) is 12.1 Å². The number of carbonyl (C=O) groups excluding carboxylic acids is 1. The van der Waals surface area contributed by atoms with Crippen molar-refractivity contribution in [3.63, 3.8) is 0 Å². The molecule has 0 radical (unpaired) electrons. The first-order chi connectivity index (χ1) is 13.9. The number of amides is 1. The molecule has 1 amide bonds. The van der Waals surface area contributed by atoms with Crippen molar-refractivity contribution in [2.75, 3.05) is 19.8 Å². The summed E-state index contributed by atoms with van der Waals surface area (Å²) in [7, 11) is 0. The quantitative estimate of drug-likeness (QED) is 0.439. The molecule has 0 saturated heterocycles. The number of benzene rings is 1. The minimum atomic E-state index is -1.15. The van der Waals surface area contributed by atoms with E-state index in [4.69, 9.17) is 5.11 Å². The molecule has 0 aromatic heterocycles. The third-order valence-corrected chi connectivity index (χ3v) is 4.76. The molecule has 9 nitrogen and oxygen atoms in total. The Morgan fingerprint density at radius 1 is 1.00 bits per heavy atom. The van der Waals surface area contributed by atoms with Gasteiger partial charge in [-0.2, -0.15) is 0 Å². The van der Waals surface area contributed by atoms with Crippen molar-refractivity contribution in [1.29, 1.82) is 0 Å². The van der Waals surface area contributed by atoms with Gasteiger partial charge in [-0.3, -0.25) is 9.59 Å². The lowest BCUT2D eigenvalue weighted by atomic mass is 10.1. The molecule has 0 bridgehead atoms. The number of unbranched alkanes of at least 4 members (excludes halogenated alkanes) is 3. The van der Waals surface area contributed by atoms with E-state index in [9.17, 15) is 19.5 Å². The summed E-state index contributed by atoms with van der Waals surface area (Å²) < 4.78 is 0. The number of rotatable bonds is 12. The van der Waals surface area contributed by atoms with E-state index in [0.717, 1.165) is 32.2 Å². The molecule has 0 saturated carbocycles. The van der Waals surface area contributed by atoms with Crippen LogP contribution in [0.15, 0.2) is 36.3 Å². The summed E-state index contributed by atoms with van der Waals surface area (Å²) in [6, 6.07) is 6.11. The number of nitrogens with zero attached hydrogens (tertiary/aromatic N) is 2. The summed E-state index contributed by atoms with van der Waals surface area (Å²) in [5, 5.41) is 21.0. The Kier molecular flexibility index (Phi) is 10.4. The zero-order valence-electron chi connectivity index (χ0n) is 17.3. The van der Waals surface area contributed by atoms with Gasteiger partial charge in [-0.15, -0.1) is 0 Å². The monoisotopic (exact) mass is 421 g/mol. The molecule has 0 spiro atoms. The molecule has 9 heteroatoms. The van der Waals surface area contributed by atoms with Crippen LogP contribution in [0.3, 0.4) is 0 Å². The first-order valence-electron chi connectivity index (χ1n) is 9.98. The molecule has 0 unspecified atom stereocenters. The molecular formula is C21H31N3O6. The lowest BCUT2D eigenvalue weighted by Gasteiger charge is -2.24. The largest absolute Gasteiger partial charge is 0.481 e. The second-order valence-corrected chi connectivity index (χ2v) is 7.09. The van der Waals surface area contributed by atoms with Crippen LogP contribution < -0.4 is 5.32 Å². The lowest BCUT2D eigenvalue weighted by Crippen LogP contribution is -2.35. The maximum Gasteiger partial charge on any atom is 0.336 e. The maximum atomic E-state index is 12.7. The van der Waals surface area contributed by atoms with E-state index in [2.05, 4.69) is 12.2 Å². The van der Waals surface area contributed by atoms with Gasteiger partial charge in [0.05, 0.1) is 17.8 Å². The number of hydrogen-bond acceptors (Lipinski definition) is 5. The molecule has 1 aromatic carbocycles. The highest BCUT2D eigenvalue weighted by Crippen LogP contribution is 2.18. The zero-order chi connectivity index (χ0) is 21.2. The molecule has 1 aliphatic heterocycles. The molecular weight excluding hydrogens is 390 g/mol. The van der Waals surface area contributed by atoms with Gasteiger partial charge in [0, 0.05) is 25.7 Å². The van der Waals surface area contributed by atoms with E-state index in [1.807, 2.05) is 16.0 Å². The van der Waals surface area contributed by atoms with Crippen LogP contribution in [0.5, 0.6) is 0 Å². The SMILES string of the molecule is CCCCCCN1CN(CCCC(=O)O)C=C1NC(=O)c1ccccc1C(=O)O.O. The van der Waals surface area contributed by atoms with Gasteiger partial charge in [0.2, 0.25) is 0 Å². The standard InChI is InChI=1S/C21H29N3O5.H2O/c1-2-3-4-7-13-24-15-23(12-8-11-19(25)26)14-18(24)22-20(27)16-9-5-6-10-17(16)21(28)29;/h5-6,9-10,14H,2-4,7-8,11-13,15H2,1H3,(H,22,27)(H,25,26)(H,28,29);1H2. The third-order valence-electron chi connectivity index (χ3n) is 4.76. The molecule has 5 N–H and O–H groups in total. The van der Waals surface area contributed by atoms with Crippen LogP contribution in [0, 0.1) is 0 Å². The van der Waals surface area contributed by atoms with Crippen molar-refractivity contribution in [1.82, 2.24) is 15.1 Å². The van der Waals surface area contributed by atoms with Crippen LogP contribution >= 0.6 is 0 Å². The smallest absolute Gasteiger partial charge is 0.336 e. The van der Waals surface area contributed by atoms with E-state index in [0.29, 0.717) is 25.5 Å². The first kappa shape index (κ1) is 25.0. The number of aliphatic carboxylic acids is 1. The number of carboxylic acids is 2. The molecule has 1 aliphatic rings. The van der Waals surface area contributed by atoms with Crippen LogP contribution in [0.25, 0.3) is 0 Å². The van der Waals surface area contributed by atoms with Gasteiger partial charge in [0.1, 0.15) is 5.82 Å². The van der Waals surface area contributed by atoms with Gasteiger partial charge in [-0.1, -0.05) is 38.3 Å². The van der Waals surface area contributed by atoms with Crippen LogP contribution in [-0.2, 0) is 4.79 Å². The number of nitrogens with one attached hydrogen (secondary N) is 1. The molecule has 0 atom stereocenters. The number of carbonyl (C=O) groups is 3. The Morgan fingerprint density at radius 3 is 2.33 bits per heavy atom. The van der Waals surface area contributed by atoms with Crippen molar-refractivity contribution in [3.05, 3.63) is 47.4 Å². The Bertz CT molecular complexity index is 765. The predicted octanol–water partition coefficient (Wildman–Crippen LogP) is 2.11. The molecule has 1 aromatic rings. The average molecular weight is 421 g/mol. The predicted molar refractivity (Wildman–Crippen MR) is 112 cm³/mol. The van der Waals surface area contributed by atoms with Gasteiger partial charge in [0.15, 0.2) is 0 Å². The average Bonchev–Trinajstić information content (AvgIpc) is 3.06. The Balaban J connectivity index is 0.00000450. The van der Waals surface area contributed by atoms with E-state index in [-0.39, 0.29) is 23.0 Å². The highest BCUT2D eigenvalue weighted by Gasteiger charge is 2.24. The van der Waals surface area contributed by atoms with Crippen LogP contribution in [0.1, 0.15) is 66.2 Å². The lowest BCUT2D eigenvalue weighted by molar-refractivity contribution is -0.137. The van der Waals surface area contributed by atoms with Crippen molar-refractivity contribution < 1.29 is 30.1 Å². The topological polar surface area (TPSA) is 142 Å². The second kappa shape index (κ2) is 12.5. The first-order valence-corrected chi connectivity index (χ1v) is 9.98. The summed E-state index contributed by atoms with van der Waals surface area (Å²) in [6.07, 6.45) is 6.77. The minimum Gasteiger partial charge on any atom is -0.481 e. The van der Waals surface area contributed by atoms with Crippen LogP contribution in [0.2, 0.25) is 0 Å². The van der Waals surface area contributed by atoms with Gasteiger partial charge in [0.25, 0.3) is 5.91 Å². The highest BCUT2D eigenvalue weighted by atomic mass is 16.4. The fourth-order valence-corrected chi connectivity index (χ4v) is 3.24. The molecule has 30 heavy (non-hydrogen) atoms. The van der Waals surface area contributed by atoms with Gasteiger partial charge >= 0.3 is 11.9 Å². The van der Waals surface area contributed by atoms with E-state index < -0.39 is 17.8 Å². The summed E-state index contributed by atoms with van der Waals surface area (Å²) in [5.41, 5.74) is 0.0626. The number of carboxylic acid groups (broad SMARTS) is 2. The molecule has 1 heterocycles. The van der Waals surface area contributed by atoms with Crippen LogP contribution in [-0.4, -0.2) is 63.1 Å².